The minimum atomic E-state index is -0.187. The van der Waals surface area contributed by atoms with Crippen molar-refractivity contribution in [1.29, 1.82) is 0 Å². The SMILES string of the molecule is CCOCCOc1ccccc1NCC(=O)Nc1ccc(C(=O)NC2CCCCC2)cc1. The highest BCUT2D eigenvalue weighted by Crippen LogP contribution is 2.23. The van der Waals surface area contributed by atoms with Crippen molar-refractivity contribution in [3.63, 3.8) is 0 Å². The molecular weight excluding hydrogens is 406 g/mol. The van der Waals surface area contributed by atoms with E-state index in [1.54, 1.807) is 24.3 Å². The largest absolute Gasteiger partial charge is 0.489 e. The van der Waals surface area contributed by atoms with Crippen molar-refractivity contribution in [2.75, 3.05) is 37.0 Å². The summed E-state index contributed by atoms with van der Waals surface area (Å²) in [4.78, 5) is 24.8. The van der Waals surface area contributed by atoms with Gasteiger partial charge in [0, 0.05) is 23.9 Å². The molecule has 0 radical (unpaired) electrons. The summed E-state index contributed by atoms with van der Waals surface area (Å²) >= 11 is 0. The van der Waals surface area contributed by atoms with Crippen molar-refractivity contribution in [2.24, 2.45) is 0 Å². The van der Waals surface area contributed by atoms with E-state index in [0.29, 0.717) is 36.8 Å². The standard InChI is InChI=1S/C25H33N3O4/c1-2-31-16-17-32-23-11-7-6-10-22(23)26-18-24(29)27-21-14-12-19(13-15-21)25(30)28-20-8-4-3-5-9-20/h6-7,10-15,20,26H,2-5,8-9,16-18H2,1H3,(H,27,29)(H,28,30). The molecule has 2 aromatic rings. The molecule has 32 heavy (non-hydrogen) atoms. The molecule has 1 aliphatic rings. The highest BCUT2D eigenvalue weighted by atomic mass is 16.5. The van der Waals surface area contributed by atoms with Crippen molar-refractivity contribution >= 4 is 23.2 Å². The maximum Gasteiger partial charge on any atom is 0.251 e. The Morgan fingerprint density at radius 3 is 2.47 bits per heavy atom. The Balaban J connectivity index is 1.45. The Bertz CT molecular complexity index is 864. The maximum atomic E-state index is 12.4. The molecule has 3 rings (SSSR count). The molecule has 0 aromatic heterocycles. The van der Waals surface area contributed by atoms with Crippen molar-refractivity contribution in [2.45, 2.75) is 45.1 Å². The first-order valence-electron chi connectivity index (χ1n) is 11.4. The van der Waals surface area contributed by atoms with Gasteiger partial charge in [0.2, 0.25) is 5.91 Å². The number of benzene rings is 2. The van der Waals surface area contributed by atoms with E-state index >= 15 is 0 Å². The lowest BCUT2D eigenvalue weighted by Gasteiger charge is -2.22. The second-order valence-electron chi connectivity index (χ2n) is 7.83. The van der Waals surface area contributed by atoms with Gasteiger partial charge >= 0.3 is 0 Å². The Morgan fingerprint density at radius 2 is 1.72 bits per heavy atom. The fourth-order valence-electron chi connectivity index (χ4n) is 3.69. The summed E-state index contributed by atoms with van der Waals surface area (Å²) < 4.78 is 11.0. The molecule has 1 saturated carbocycles. The van der Waals surface area contributed by atoms with E-state index in [1.807, 2.05) is 31.2 Å². The maximum absolute atomic E-state index is 12.4. The van der Waals surface area contributed by atoms with Crippen LogP contribution in [0.3, 0.4) is 0 Å². The second-order valence-corrected chi connectivity index (χ2v) is 7.83. The lowest BCUT2D eigenvalue weighted by Crippen LogP contribution is -2.36. The minimum Gasteiger partial charge on any atom is -0.489 e. The van der Waals surface area contributed by atoms with E-state index in [2.05, 4.69) is 16.0 Å². The Morgan fingerprint density at radius 1 is 0.969 bits per heavy atom. The molecule has 0 heterocycles. The summed E-state index contributed by atoms with van der Waals surface area (Å²) in [6, 6.07) is 14.7. The summed E-state index contributed by atoms with van der Waals surface area (Å²) in [7, 11) is 0. The number of carbonyl (C=O) groups is 2. The van der Waals surface area contributed by atoms with Crippen LogP contribution in [0, 0.1) is 0 Å². The van der Waals surface area contributed by atoms with E-state index in [-0.39, 0.29) is 24.4 Å². The van der Waals surface area contributed by atoms with Crippen LogP contribution in [0.15, 0.2) is 48.5 Å². The predicted molar refractivity (Wildman–Crippen MR) is 126 cm³/mol. The number of para-hydroxylation sites is 2. The van der Waals surface area contributed by atoms with Crippen LogP contribution in [-0.4, -0.2) is 44.2 Å². The first-order valence-corrected chi connectivity index (χ1v) is 11.4. The number of hydrogen-bond donors (Lipinski definition) is 3. The van der Waals surface area contributed by atoms with Gasteiger partial charge in [0.25, 0.3) is 5.91 Å². The molecule has 3 N–H and O–H groups in total. The highest BCUT2D eigenvalue weighted by Gasteiger charge is 2.16. The normalized spacial score (nSPS) is 13.9. The summed E-state index contributed by atoms with van der Waals surface area (Å²) in [5.74, 6) is 0.430. The molecule has 1 fully saturated rings. The molecule has 0 bridgehead atoms. The summed E-state index contributed by atoms with van der Waals surface area (Å²) in [5.41, 5.74) is 1.99. The molecule has 0 aliphatic heterocycles. The fourth-order valence-corrected chi connectivity index (χ4v) is 3.69. The van der Waals surface area contributed by atoms with Gasteiger partial charge in [-0.05, 0) is 56.2 Å². The molecule has 0 spiro atoms. The number of ether oxygens (including phenoxy) is 2. The lowest BCUT2D eigenvalue weighted by molar-refractivity contribution is -0.114. The molecule has 2 amide bonds. The second kappa shape index (κ2) is 12.7. The van der Waals surface area contributed by atoms with Crippen LogP contribution in [0.1, 0.15) is 49.4 Å². The fraction of sp³-hybridized carbons (Fsp3) is 0.440. The monoisotopic (exact) mass is 439 g/mol. The van der Waals surface area contributed by atoms with Gasteiger partial charge in [-0.25, -0.2) is 0 Å². The molecule has 172 valence electrons. The molecule has 0 atom stereocenters. The number of nitrogens with one attached hydrogen (secondary N) is 3. The Kier molecular flexibility index (Phi) is 9.37. The minimum absolute atomic E-state index is 0.0580. The van der Waals surface area contributed by atoms with Gasteiger partial charge in [0.05, 0.1) is 18.8 Å². The molecule has 0 saturated heterocycles. The van der Waals surface area contributed by atoms with Crippen LogP contribution in [-0.2, 0) is 9.53 Å². The zero-order valence-electron chi connectivity index (χ0n) is 18.7. The van der Waals surface area contributed by atoms with Crippen molar-refractivity contribution < 1.29 is 19.1 Å². The predicted octanol–water partition coefficient (Wildman–Crippen LogP) is 4.22. The quantitative estimate of drug-likeness (QED) is 0.456. The van der Waals surface area contributed by atoms with E-state index in [9.17, 15) is 9.59 Å². The number of carbonyl (C=O) groups excluding carboxylic acids is 2. The van der Waals surface area contributed by atoms with Crippen LogP contribution >= 0.6 is 0 Å². The summed E-state index contributed by atoms with van der Waals surface area (Å²) in [6.45, 7) is 3.64. The smallest absolute Gasteiger partial charge is 0.251 e. The van der Waals surface area contributed by atoms with Crippen molar-refractivity contribution in [3.8, 4) is 5.75 Å². The number of amides is 2. The summed E-state index contributed by atoms with van der Waals surface area (Å²) in [5, 5.41) is 9.06. The van der Waals surface area contributed by atoms with Crippen LogP contribution in [0.4, 0.5) is 11.4 Å². The van der Waals surface area contributed by atoms with Gasteiger partial charge in [-0.1, -0.05) is 31.4 Å². The first kappa shape index (κ1) is 23.6. The van der Waals surface area contributed by atoms with Crippen molar-refractivity contribution in [3.05, 3.63) is 54.1 Å². The average molecular weight is 440 g/mol. The van der Waals surface area contributed by atoms with Crippen molar-refractivity contribution in [1.82, 2.24) is 5.32 Å². The van der Waals surface area contributed by atoms with Gasteiger partial charge in [-0.15, -0.1) is 0 Å². The first-order chi connectivity index (χ1) is 15.7. The molecule has 7 nitrogen and oxygen atoms in total. The molecule has 1 aliphatic carbocycles. The Hall–Kier alpha value is -3.06. The van der Waals surface area contributed by atoms with Crippen LogP contribution in [0.2, 0.25) is 0 Å². The van der Waals surface area contributed by atoms with Gasteiger partial charge in [-0.2, -0.15) is 0 Å². The van der Waals surface area contributed by atoms with E-state index in [0.717, 1.165) is 18.5 Å². The van der Waals surface area contributed by atoms with Crippen LogP contribution in [0.5, 0.6) is 5.75 Å². The van der Waals surface area contributed by atoms with E-state index in [4.69, 9.17) is 9.47 Å². The third-order valence-electron chi connectivity index (χ3n) is 5.39. The zero-order valence-corrected chi connectivity index (χ0v) is 18.7. The molecule has 7 heteroatoms. The Labute approximate surface area is 189 Å². The third kappa shape index (κ3) is 7.57. The number of rotatable bonds is 11. The van der Waals surface area contributed by atoms with E-state index < -0.39 is 0 Å². The summed E-state index contributed by atoms with van der Waals surface area (Å²) in [6.07, 6.45) is 5.70. The number of anilines is 2. The molecular formula is C25H33N3O4. The zero-order chi connectivity index (χ0) is 22.6. The van der Waals surface area contributed by atoms with Gasteiger partial charge in [-0.3, -0.25) is 9.59 Å². The van der Waals surface area contributed by atoms with Gasteiger partial charge in [0.1, 0.15) is 12.4 Å². The topological polar surface area (TPSA) is 88.7 Å². The van der Waals surface area contributed by atoms with Gasteiger partial charge < -0.3 is 25.4 Å². The van der Waals surface area contributed by atoms with Crippen LogP contribution in [0.25, 0.3) is 0 Å². The third-order valence-corrected chi connectivity index (χ3v) is 5.39. The number of hydrogen-bond acceptors (Lipinski definition) is 5. The average Bonchev–Trinajstić information content (AvgIpc) is 2.82. The van der Waals surface area contributed by atoms with E-state index in [1.165, 1.54) is 19.3 Å². The highest BCUT2D eigenvalue weighted by molar-refractivity contribution is 5.96. The van der Waals surface area contributed by atoms with Gasteiger partial charge in [0.15, 0.2) is 0 Å². The molecule has 2 aromatic carbocycles. The molecule has 0 unspecified atom stereocenters. The lowest BCUT2D eigenvalue weighted by atomic mass is 9.95. The van der Waals surface area contributed by atoms with Crippen LogP contribution < -0.4 is 20.7 Å².